The minimum atomic E-state index is -3.61. The van der Waals surface area contributed by atoms with Crippen molar-refractivity contribution in [1.29, 1.82) is 0 Å². The highest BCUT2D eigenvalue weighted by atomic mass is 35.5. The van der Waals surface area contributed by atoms with Gasteiger partial charge in [-0.3, -0.25) is 4.79 Å². The van der Waals surface area contributed by atoms with Crippen LogP contribution in [0.2, 0.25) is 5.02 Å². The Balaban J connectivity index is 1.94. The molecule has 0 saturated heterocycles. The van der Waals surface area contributed by atoms with Gasteiger partial charge in [0.05, 0.1) is 11.7 Å². The van der Waals surface area contributed by atoms with Crippen LogP contribution in [-0.2, 0) is 19.3 Å². The quantitative estimate of drug-likeness (QED) is 0.486. The topological polar surface area (TPSA) is 123 Å². The molecule has 0 fully saturated rings. The van der Waals surface area contributed by atoms with E-state index in [0.717, 1.165) is 11.6 Å². The zero-order chi connectivity index (χ0) is 22.8. The Morgan fingerprint density at radius 3 is 2.52 bits per heavy atom. The number of H-pyrrole nitrogens is 1. The predicted molar refractivity (Wildman–Crippen MR) is 119 cm³/mol. The lowest BCUT2D eigenvalue weighted by Crippen LogP contribution is -2.30. The molecule has 0 amide bonds. The summed E-state index contributed by atoms with van der Waals surface area (Å²) in [6, 6.07) is 7.95. The molecule has 0 radical (unpaired) electrons. The average Bonchev–Trinajstić information content (AvgIpc) is 2.70. The minimum absolute atomic E-state index is 0.162. The van der Waals surface area contributed by atoms with E-state index in [-0.39, 0.29) is 17.2 Å². The van der Waals surface area contributed by atoms with Gasteiger partial charge in [0.2, 0.25) is 5.95 Å². The van der Waals surface area contributed by atoms with Crippen molar-refractivity contribution in [3.05, 3.63) is 63.2 Å². The Hall–Kier alpha value is -2.53. The number of sulfone groups is 1. The smallest absolute Gasteiger partial charge is 0.253 e. The van der Waals surface area contributed by atoms with Crippen molar-refractivity contribution in [3.63, 3.8) is 0 Å². The van der Waals surface area contributed by atoms with Gasteiger partial charge < -0.3 is 19.8 Å². The average molecular weight is 467 g/mol. The van der Waals surface area contributed by atoms with Crippen molar-refractivity contribution in [1.82, 2.24) is 15.0 Å². The number of aromatic amines is 1. The lowest BCUT2D eigenvalue weighted by molar-refractivity contribution is -0.104. The zero-order valence-corrected chi connectivity index (χ0v) is 19.0. The van der Waals surface area contributed by atoms with Gasteiger partial charge in [-0.2, -0.15) is 0 Å². The SMILES string of the molecule is COC(OC)C(c1ccnc(N[C@@H](C)c2cc3cc(Cl)ccc3[nH]c2=O)n1)S(C)(=O)=O. The molecular weight excluding hydrogens is 444 g/mol. The number of anilines is 1. The number of nitrogens with zero attached hydrogens (tertiary/aromatic N) is 2. The standard InChI is InChI=1S/C20H23ClN4O5S/c1-11(14-10-12-9-13(21)5-6-15(12)24-18(14)26)23-20-22-8-7-16(25-20)17(31(4,27)28)19(29-2)30-3/h5-11,17,19H,1-4H3,(H,24,26)(H,22,23,25)/t11-,17?/m0/s1. The number of rotatable bonds is 8. The highest BCUT2D eigenvalue weighted by Crippen LogP contribution is 2.27. The summed E-state index contributed by atoms with van der Waals surface area (Å²) in [5, 5.41) is 3.24. The summed E-state index contributed by atoms with van der Waals surface area (Å²) in [4.78, 5) is 23.9. The molecular formula is C20H23ClN4O5S. The first-order valence-electron chi connectivity index (χ1n) is 9.30. The fraction of sp³-hybridized carbons (Fsp3) is 0.350. The maximum atomic E-state index is 12.5. The molecule has 0 saturated carbocycles. The van der Waals surface area contributed by atoms with Crippen molar-refractivity contribution in [2.45, 2.75) is 24.5 Å². The van der Waals surface area contributed by atoms with Gasteiger partial charge in [-0.1, -0.05) is 11.6 Å². The van der Waals surface area contributed by atoms with Crippen LogP contribution in [0.25, 0.3) is 10.9 Å². The number of pyridine rings is 1. The van der Waals surface area contributed by atoms with Crippen LogP contribution in [0.3, 0.4) is 0 Å². The van der Waals surface area contributed by atoms with Crippen molar-refractivity contribution in [2.24, 2.45) is 0 Å². The van der Waals surface area contributed by atoms with Gasteiger partial charge in [-0.25, -0.2) is 18.4 Å². The molecule has 3 rings (SSSR count). The summed E-state index contributed by atoms with van der Waals surface area (Å²) in [5.41, 5.74) is 1.07. The molecule has 1 unspecified atom stereocenters. The van der Waals surface area contributed by atoms with Crippen molar-refractivity contribution in [3.8, 4) is 0 Å². The first kappa shape index (κ1) is 23.1. The highest BCUT2D eigenvalue weighted by molar-refractivity contribution is 7.91. The molecule has 1 aromatic carbocycles. The first-order valence-corrected chi connectivity index (χ1v) is 11.6. The van der Waals surface area contributed by atoms with E-state index in [4.69, 9.17) is 21.1 Å². The number of hydrogen-bond donors (Lipinski definition) is 2. The lowest BCUT2D eigenvalue weighted by Gasteiger charge is -2.23. The maximum Gasteiger partial charge on any atom is 0.253 e. The molecule has 2 aromatic heterocycles. The van der Waals surface area contributed by atoms with E-state index < -0.39 is 27.4 Å². The fourth-order valence-corrected chi connectivity index (χ4v) is 4.67. The zero-order valence-electron chi connectivity index (χ0n) is 17.4. The van der Waals surface area contributed by atoms with Gasteiger partial charge in [0.15, 0.2) is 21.4 Å². The Morgan fingerprint density at radius 1 is 1.16 bits per heavy atom. The van der Waals surface area contributed by atoms with Crippen molar-refractivity contribution < 1.29 is 17.9 Å². The number of ether oxygens (including phenoxy) is 2. The second kappa shape index (κ2) is 9.31. The van der Waals surface area contributed by atoms with Crippen LogP contribution in [0.5, 0.6) is 0 Å². The van der Waals surface area contributed by atoms with Crippen molar-refractivity contribution in [2.75, 3.05) is 25.8 Å². The normalized spacial score (nSPS) is 14.0. The van der Waals surface area contributed by atoms with Gasteiger partial charge in [-0.15, -0.1) is 0 Å². The number of methoxy groups -OCH3 is 2. The number of hydrogen-bond acceptors (Lipinski definition) is 8. The largest absolute Gasteiger partial charge is 0.354 e. The van der Waals surface area contributed by atoms with E-state index in [1.165, 1.54) is 26.5 Å². The molecule has 9 nitrogen and oxygen atoms in total. The summed E-state index contributed by atoms with van der Waals surface area (Å²) in [5.74, 6) is 0.162. The number of halogens is 1. The number of fused-ring (bicyclic) bond motifs is 1. The monoisotopic (exact) mass is 466 g/mol. The molecule has 3 aromatic rings. The Labute approximate surface area is 184 Å². The summed E-state index contributed by atoms with van der Waals surface area (Å²) in [6.07, 6.45) is 1.48. The van der Waals surface area contributed by atoms with Crippen LogP contribution in [0.1, 0.15) is 29.5 Å². The molecule has 166 valence electrons. The van der Waals surface area contributed by atoms with Crippen molar-refractivity contribution >= 4 is 38.3 Å². The molecule has 11 heteroatoms. The van der Waals surface area contributed by atoms with E-state index in [9.17, 15) is 13.2 Å². The van der Waals surface area contributed by atoms with Gasteiger partial charge in [0.25, 0.3) is 5.56 Å². The number of nitrogens with one attached hydrogen (secondary N) is 2. The van der Waals surface area contributed by atoms with E-state index in [1.807, 2.05) is 0 Å². The van der Waals surface area contributed by atoms with Crippen LogP contribution in [0.15, 0.2) is 41.3 Å². The molecule has 2 heterocycles. The third-order valence-corrected chi connectivity index (χ3v) is 6.41. The van der Waals surface area contributed by atoms with Crippen LogP contribution in [0, 0.1) is 0 Å². The Bertz CT molecular complexity index is 1240. The minimum Gasteiger partial charge on any atom is -0.354 e. The van der Waals surface area contributed by atoms with E-state index in [0.29, 0.717) is 16.1 Å². The van der Waals surface area contributed by atoms with Crippen LogP contribution in [-0.4, -0.2) is 50.1 Å². The molecule has 0 aliphatic heterocycles. The molecule has 2 N–H and O–H groups in total. The second-order valence-electron chi connectivity index (χ2n) is 7.05. The van der Waals surface area contributed by atoms with Gasteiger partial charge in [0.1, 0.15) is 0 Å². The Morgan fingerprint density at radius 2 is 1.87 bits per heavy atom. The number of benzene rings is 1. The van der Waals surface area contributed by atoms with Crippen LogP contribution in [0.4, 0.5) is 5.95 Å². The summed E-state index contributed by atoms with van der Waals surface area (Å²) in [7, 11) is -0.901. The molecule has 0 bridgehead atoms. The van der Waals surface area contributed by atoms with E-state index in [2.05, 4.69) is 20.3 Å². The molecule has 0 aliphatic rings. The summed E-state index contributed by atoms with van der Waals surface area (Å²) in [6.45, 7) is 1.78. The molecule has 2 atom stereocenters. The second-order valence-corrected chi connectivity index (χ2v) is 9.65. The molecule has 0 spiro atoms. The third kappa shape index (κ3) is 5.21. The molecule has 0 aliphatic carbocycles. The van der Waals surface area contributed by atoms with Crippen LogP contribution >= 0.6 is 11.6 Å². The first-order chi connectivity index (χ1) is 14.6. The van der Waals surface area contributed by atoms with E-state index in [1.54, 1.807) is 31.2 Å². The Kier molecular flexibility index (Phi) is 6.95. The lowest BCUT2D eigenvalue weighted by atomic mass is 10.1. The van der Waals surface area contributed by atoms with Gasteiger partial charge in [0, 0.05) is 48.2 Å². The summed E-state index contributed by atoms with van der Waals surface area (Å²) >= 11 is 6.06. The predicted octanol–water partition coefficient (Wildman–Crippen LogP) is 2.85. The van der Waals surface area contributed by atoms with E-state index >= 15 is 0 Å². The maximum absolute atomic E-state index is 12.5. The van der Waals surface area contributed by atoms with Gasteiger partial charge >= 0.3 is 0 Å². The highest BCUT2D eigenvalue weighted by Gasteiger charge is 2.34. The molecule has 31 heavy (non-hydrogen) atoms. The summed E-state index contributed by atoms with van der Waals surface area (Å²) < 4.78 is 35.0. The number of aromatic nitrogens is 3. The third-order valence-electron chi connectivity index (χ3n) is 4.79. The fourth-order valence-electron chi connectivity index (χ4n) is 3.29. The van der Waals surface area contributed by atoms with Gasteiger partial charge in [-0.05, 0) is 37.3 Å². The van der Waals surface area contributed by atoms with Crippen LogP contribution < -0.4 is 10.9 Å².